The molecule has 0 saturated heterocycles. The lowest BCUT2D eigenvalue weighted by Crippen LogP contribution is -2.13. The van der Waals surface area contributed by atoms with Gasteiger partial charge in [-0.05, 0) is 52.7 Å². The van der Waals surface area contributed by atoms with E-state index in [1.807, 2.05) is 13.0 Å². The fraction of sp³-hybridized carbons (Fsp3) is 0.0667. The molecule has 0 aromatic heterocycles. The first-order chi connectivity index (χ1) is 9.90. The van der Waals surface area contributed by atoms with Gasteiger partial charge in [-0.25, -0.2) is 4.79 Å². The number of rotatable bonds is 3. The first-order valence-electron chi connectivity index (χ1n) is 5.99. The Morgan fingerprint density at radius 3 is 2.57 bits per heavy atom. The number of halogens is 2. The number of aryl methyl sites for hydroxylation is 1. The predicted molar refractivity (Wildman–Crippen MR) is 85.2 cm³/mol. The molecule has 0 radical (unpaired) electrons. The van der Waals surface area contributed by atoms with E-state index in [1.165, 1.54) is 18.2 Å². The average Bonchev–Trinajstić information content (AvgIpc) is 2.43. The van der Waals surface area contributed by atoms with Crippen molar-refractivity contribution in [2.75, 3.05) is 5.32 Å². The number of carbonyl (C=O) groups is 2. The van der Waals surface area contributed by atoms with Crippen molar-refractivity contribution in [3.8, 4) is 0 Å². The van der Waals surface area contributed by atoms with Crippen molar-refractivity contribution in [1.82, 2.24) is 0 Å². The Morgan fingerprint density at radius 2 is 1.95 bits per heavy atom. The van der Waals surface area contributed by atoms with Gasteiger partial charge in [0.15, 0.2) is 0 Å². The summed E-state index contributed by atoms with van der Waals surface area (Å²) in [6.07, 6.45) is 0. The Kier molecular flexibility index (Phi) is 4.65. The van der Waals surface area contributed by atoms with Gasteiger partial charge in [0, 0.05) is 4.47 Å². The maximum absolute atomic E-state index is 12.2. The second kappa shape index (κ2) is 6.28. The third kappa shape index (κ3) is 3.43. The van der Waals surface area contributed by atoms with E-state index in [4.69, 9.17) is 16.7 Å². The van der Waals surface area contributed by atoms with Gasteiger partial charge in [0.25, 0.3) is 5.91 Å². The lowest BCUT2D eigenvalue weighted by Gasteiger charge is -2.10. The first-order valence-corrected chi connectivity index (χ1v) is 7.16. The number of amides is 1. The summed E-state index contributed by atoms with van der Waals surface area (Å²) in [6.45, 7) is 1.82. The molecule has 0 saturated carbocycles. The van der Waals surface area contributed by atoms with Gasteiger partial charge in [-0.3, -0.25) is 4.79 Å². The molecule has 0 fully saturated rings. The molecule has 0 spiro atoms. The van der Waals surface area contributed by atoms with Crippen LogP contribution in [-0.2, 0) is 0 Å². The topological polar surface area (TPSA) is 66.4 Å². The second-order valence-corrected chi connectivity index (χ2v) is 5.62. The Morgan fingerprint density at radius 1 is 1.24 bits per heavy atom. The quantitative estimate of drug-likeness (QED) is 0.846. The monoisotopic (exact) mass is 367 g/mol. The molecule has 21 heavy (non-hydrogen) atoms. The third-order valence-corrected chi connectivity index (χ3v) is 4.06. The highest BCUT2D eigenvalue weighted by Crippen LogP contribution is 2.26. The number of benzene rings is 2. The number of carbonyl (C=O) groups excluding carboxylic acids is 1. The molecule has 0 aliphatic heterocycles. The Labute approximate surface area is 134 Å². The lowest BCUT2D eigenvalue weighted by atomic mass is 10.1. The largest absolute Gasteiger partial charge is 0.478 e. The summed E-state index contributed by atoms with van der Waals surface area (Å²) < 4.78 is 0.486. The van der Waals surface area contributed by atoms with Gasteiger partial charge in [0.05, 0.1) is 21.8 Å². The summed E-state index contributed by atoms with van der Waals surface area (Å²) in [7, 11) is 0. The SMILES string of the molecule is Cc1cccc(C(=O)Nc2ccc(C(=O)O)cc2Br)c1Cl. The van der Waals surface area contributed by atoms with E-state index in [9.17, 15) is 9.59 Å². The molecular weight excluding hydrogens is 358 g/mol. The number of carboxylic acids is 1. The summed E-state index contributed by atoms with van der Waals surface area (Å²) >= 11 is 9.35. The van der Waals surface area contributed by atoms with Crippen LogP contribution in [0.15, 0.2) is 40.9 Å². The van der Waals surface area contributed by atoms with Crippen LogP contribution in [0.4, 0.5) is 5.69 Å². The minimum atomic E-state index is -1.03. The molecule has 6 heteroatoms. The van der Waals surface area contributed by atoms with E-state index in [1.54, 1.807) is 12.1 Å². The third-order valence-electron chi connectivity index (χ3n) is 2.90. The summed E-state index contributed by atoms with van der Waals surface area (Å²) in [6, 6.07) is 9.56. The minimum absolute atomic E-state index is 0.133. The van der Waals surface area contributed by atoms with Crippen molar-refractivity contribution in [1.29, 1.82) is 0 Å². The maximum Gasteiger partial charge on any atom is 0.335 e. The van der Waals surface area contributed by atoms with Gasteiger partial charge < -0.3 is 10.4 Å². The highest BCUT2D eigenvalue weighted by atomic mass is 79.9. The fourth-order valence-electron chi connectivity index (χ4n) is 1.76. The minimum Gasteiger partial charge on any atom is -0.478 e. The van der Waals surface area contributed by atoms with E-state index in [2.05, 4.69) is 21.2 Å². The first kappa shape index (κ1) is 15.5. The van der Waals surface area contributed by atoms with Gasteiger partial charge in [-0.2, -0.15) is 0 Å². The summed E-state index contributed by atoms with van der Waals surface area (Å²) in [5.74, 6) is -1.39. The molecule has 0 bridgehead atoms. The molecule has 2 N–H and O–H groups in total. The number of hydrogen-bond donors (Lipinski definition) is 2. The van der Waals surface area contributed by atoms with Crippen molar-refractivity contribution in [2.45, 2.75) is 6.92 Å². The zero-order valence-corrected chi connectivity index (χ0v) is 13.3. The molecule has 2 aromatic rings. The zero-order chi connectivity index (χ0) is 15.6. The molecule has 108 valence electrons. The molecule has 0 atom stereocenters. The van der Waals surface area contributed by atoms with E-state index in [-0.39, 0.29) is 11.5 Å². The smallest absolute Gasteiger partial charge is 0.335 e. The van der Waals surface area contributed by atoms with Crippen LogP contribution in [0, 0.1) is 6.92 Å². The van der Waals surface area contributed by atoms with Crippen molar-refractivity contribution in [2.24, 2.45) is 0 Å². The van der Waals surface area contributed by atoms with E-state index in [0.717, 1.165) is 5.56 Å². The van der Waals surface area contributed by atoms with Gasteiger partial charge in [-0.1, -0.05) is 23.7 Å². The molecule has 0 aliphatic carbocycles. The molecule has 2 aromatic carbocycles. The van der Waals surface area contributed by atoms with E-state index >= 15 is 0 Å². The van der Waals surface area contributed by atoms with Gasteiger partial charge >= 0.3 is 5.97 Å². The number of hydrogen-bond acceptors (Lipinski definition) is 2. The molecule has 0 heterocycles. The summed E-state index contributed by atoms with van der Waals surface area (Å²) in [5, 5.41) is 12.0. The number of anilines is 1. The van der Waals surface area contributed by atoms with Crippen molar-refractivity contribution >= 4 is 45.1 Å². The molecule has 0 aliphatic rings. The number of aromatic carboxylic acids is 1. The lowest BCUT2D eigenvalue weighted by molar-refractivity contribution is 0.0696. The van der Waals surface area contributed by atoms with Gasteiger partial charge in [0.1, 0.15) is 0 Å². The van der Waals surface area contributed by atoms with Gasteiger partial charge in [-0.15, -0.1) is 0 Å². The van der Waals surface area contributed by atoms with Crippen LogP contribution in [0.3, 0.4) is 0 Å². The predicted octanol–water partition coefficient (Wildman–Crippen LogP) is 4.36. The molecule has 0 unspecified atom stereocenters. The van der Waals surface area contributed by atoms with E-state index < -0.39 is 5.97 Å². The Balaban J connectivity index is 2.28. The van der Waals surface area contributed by atoms with Crippen LogP contribution < -0.4 is 5.32 Å². The van der Waals surface area contributed by atoms with Crippen LogP contribution in [-0.4, -0.2) is 17.0 Å². The van der Waals surface area contributed by atoms with Crippen LogP contribution in [0.5, 0.6) is 0 Å². The molecule has 2 rings (SSSR count). The van der Waals surface area contributed by atoms with Crippen LogP contribution in [0.25, 0.3) is 0 Å². The number of carboxylic acid groups (broad SMARTS) is 1. The van der Waals surface area contributed by atoms with Crippen LogP contribution >= 0.6 is 27.5 Å². The normalized spacial score (nSPS) is 10.2. The van der Waals surface area contributed by atoms with Crippen molar-refractivity contribution in [3.63, 3.8) is 0 Å². The Hall–Kier alpha value is -1.85. The standard InChI is InChI=1S/C15H11BrClNO3/c1-8-3-2-4-10(13(8)17)14(19)18-12-6-5-9(15(20)21)7-11(12)16/h2-7H,1H3,(H,18,19)(H,20,21). The van der Waals surface area contributed by atoms with Crippen LogP contribution in [0.1, 0.15) is 26.3 Å². The maximum atomic E-state index is 12.2. The highest BCUT2D eigenvalue weighted by Gasteiger charge is 2.14. The number of nitrogens with one attached hydrogen (secondary N) is 1. The molecule has 1 amide bonds. The molecular formula is C15H11BrClNO3. The average molecular weight is 369 g/mol. The zero-order valence-electron chi connectivity index (χ0n) is 11.0. The van der Waals surface area contributed by atoms with Crippen molar-refractivity contribution in [3.05, 3.63) is 62.6 Å². The van der Waals surface area contributed by atoms with Crippen molar-refractivity contribution < 1.29 is 14.7 Å². The van der Waals surface area contributed by atoms with E-state index in [0.29, 0.717) is 20.7 Å². The summed E-state index contributed by atoms with van der Waals surface area (Å²) in [4.78, 5) is 23.1. The second-order valence-electron chi connectivity index (χ2n) is 4.39. The van der Waals surface area contributed by atoms with Crippen LogP contribution in [0.2, 0.25) is 5.02 Å². The fourth-order valence-corrected chi connectivity index (χ4v) is 2.45. The van der Waals surface area contributed by atoms with Gasteiger partial charge in [0.2, 0.25) is 0 Å². The Bertz CT molecular complexity index is 731. The molecule has 4 nitrogen and oxygen atoms in total. The summed E-state index contributed by atoms with van der Waals surface area (Å²) in [5.41, 5.74) is 1.78. The highest BCUT2D eigenvalue weighted by molar-refractivity contribution is 9.10.